The van der Waals surface area contributed by atoms with Gasteiger partial charge in [-0.15, -0.1) is 0 Å². The van der Waals surface area contributed by atoms with Crippen LogP contribution in [0.15, 0.2) is 58.5 Å². The number of thioether (sulfide) groups is 1. The molecule has 0 aliphatic heterocycles. The zero-order chi connectivity index (χ0) is 58.8. The van der Waals surface area contributed by atoms with Gasteiger partial charge in [-0.25, -0.2) is 4.79 Å². The number of fused-ring (bicyclic) bond motifs is 3. The van der Waals surface area contributed by atoms with Crippen LogP contribution >= 0.6 is 11.8 Å². The molecule has 0 unspecified atom stereocenters. The summed E-state index contributed by atoms with van der Waals surface area (Å²) in [5.74, 6) is -13.1. The molecule has 1 aliphatic carbocycles. The fraction of sp³-hybridized carbons (Fsp3) is 0.490. The predicted molar refractivity (Wildman–Crippen MR) is 286 cm³/mol. The van der Waals surface area contributed by atoms with E-state index in [1.165, 1.54) is 18.7 Å². The van der Waals surface area contributed by atoms with Crippen molar-refractivity contribution in [2.75, 3.05) is 31.7 Å². The number of aliphatic imine (C=N–C) groups is 2. The molecule has 0 spiro atoms. The van der Waals surface area contributed by atoms with Gasteiger partial charge in [0.2, 0.25) is 35.4 Å². The third kappa shape index (κ3) is 22.4. The lowest BCUT2D eigenvalue weighted by molar-refractivity contribution is -0.142. The van der Waals surface area contributed by atoms with Crippen LogP contribution in [0.5, 0.6) is 0 Å². The Hall–Kier alpha value is -8.70. The first kappa shape index (κ1) is 64.6. The minimum Gasteiger partial charge on any atom is -0.481 e. The molecule has 432 valence electrons. The molecular weight excluding hydrogens is 1060 g/mol. The third-order valence-corrected chi connectivity index (χ3v) is 12.7. The van der Waals surface area contributed by atoms with Crippen molar-refractivity contribution in [2.45, 2.75) is 119 Å². The van der Waals surface area contributed by atoms with Crippen molar-refractivity contribution in [1.82, 2.24) is 37.2 Å². The van der Waals surface area contributed by atoms with Gasteiger partial charge in [0.05, 0.1) is 6.42 Å². The average molecular weight is 1130 g/mol. The van der Waals surface area contributed by atoms with Gasteiger partial charge in [0, 0.05) is 31.8 Å². The van der Waals surface area contributed by atoms with Crippen LogP contribution < -0.4 is 60.2 Å². The van der Waals surface area contributed by atoms with Crippen LogP contribution in [0.2, 0.25) is 0 Å². The largest absolute Gasteiger partial charge is 0.481 e. The second-order valence-electron chi connectivity index (χ2n) is 18.0. The van der Waals surface area contributed by atoms with E-state index in [0.29, 0.717) is 0 Å². The van der Waals surface area contributed by atoms with E-state index in [0.717, 1.165) is 22.3 Å². The number of hydrogen-bond acceptors (Lipinski definition) is 15. The van der Waals surface area contributed by atoms with Gasteiger partial charge in [-0.05, 0) is 86.1 Å². The Balaban J connectivity index is 1.86. The van der Waals surface area contributed by atoms with E-state index in [2.05, 4.69) is 47.2 Å². The van der Waals surface area contributed by atoms with Crippen molar-refractivity contribution in [1.29, 1.82) is 0 Å². The van der Waals surface area contributed by atoms with Crippen molar-refractivity contribution < 1.29 is 77.9 Å². The standard InChI is InChI=1S/C49H69N13O16S/c1-25(46(75)76)56-40(69)31(13-7-20-54-47(50)51)57-41(70)32(14-8-21-55-48(52)53)58-45(74)36(23-39(67)68)61-44(73)35(19-22-79-2)60-42(71)33(15-17-37(63)64)59-43(72)34(16-18-38(65)66)62-49(77)78-24-30-28-11-5-3-9-26(28)27-10-4-6-12-29(27)30/h3-6,9-12,25,30-36H,7-8,13-24H2,1-2H3,(H,56,69)(H,57,70)(H,58,74)(H,59,72)(H,60,71)(H,61,73)(H,62,77)(H,63,64)(H,65,66)(H,67,68)(H,75,76)(H4,50,51,54)(H4,52,53,55)/t25-,31-,32-,33-,34-,35-,36-/m0/s1. The van der Waals surface area contributed by atoms with Crippen LogP contribution in [0, 0.1) is 0 Å². The number of carboxylic acid groups (broad SMARTS) is 4. The Labute approximate surface area is 457 Å². The highest BCUT2D eigenvalue weighted by Crippen LogP contribution is 2.44. The minimum absolute atomic E-state index is 0.00000972. The summed E-state index contributed by atoms with van der Waals surface area (Å²) in [6, 6.07) is 3.66. The van der Waals surface area contributed by atoms with Crippen molar-refractivity contribution in [3.8, 4) is 11.1 Å². The fourth-order valence-corrected chi connectivity index (χ4v) is 8.50. The number of rotatable bonds is 35. The second-order valence-corrected chi connectivity index (χ2v) is 19.0. The zero-order valence-electron chi connectivity index (χ0n) is 43.4. The van der Waals surface area contributed by atoms with Crippen LogP contribution in [0.3, 0.4) is 0 Å². The molecule has 79 heavy (non-hydrogen) atoms. The number of nitrogens with one attached hydrogen (secondary N) is 7. The quantitative estimate of drug-likeness (QED) is 0.0201. The van der Waals surface area contributed by atoms with Gasteiger partial charge in [0.1, 0.15) is 48.9 Å². The third-order valence-electron chi connectivity index (χ3n) is 12.0. The maximum Gasteiger partial charge on any atom is 0.407 e. The fourth-order valence-electron chi connectivity index (χ4n) is 8.03. The molecule has 30 heteroatoms. The highest BCUT2D eigenvalue weighted by molar-refractivity contribution is 7.98. The highest BCUT2D eigenvalue weighted by Gasteiger charge is 2.36. The molecule has 0 saturated heterocycles. The molecule has 2 aromatic rings. The number of hydrogen-bond donors (Lipinski definition) is 15. The summed E-state index contributed by atoms with van der Waals surface area (Å²) in [5.41, 5.74) is 25.3. The van der Waals surface area contributed by atoms with Gasteiger partial charge < -0.3 is 85.3 Å². The maximum atomic E-state index is 14.0. The molecule has 0 saturated carbocycles. The number of aliphatic carboxylic acids is 4. The van der Waals surface area contributed by atoms with Gasteiger partial charge in [0.15, 0.2) is 11.9 Å². The van der Waals surface area contributed by atoms with Gasteiger partial charge in [-0.2, -0.15) is 11.8 Å². The SMILES string of the molecule is CSCC[C@H](NC(=O)[C@H](CCC(=O)O)NC(=O)[C@H](CCC(=O)O)NC(=O)OCC1c2ccccc2-c2ccccc21)C(=O)N[C@@H](CC(=O)O)C(=O)N[C@@H](CCCN=C(N)N)C(=O)N[C@@H](CCCN=C(N)N)C(=O)N[C@@H](C)C(=O)O. The van der Waals surface area contributed by atoms with E-state index in [1.807, 2.05) is 48.5 Å². The molecule has 0 heterocycles. The molecule has 19 N–H and O–H groups in total. The van der Waals surface area contributed by atoms with E-state index < -0.39 is 140 Å². The summed E-state index contributed by atoms with van der Waals surface area (Å²) in [6.07, 6.45) is -3.47. The van der Waals surface area contributed by atoms with Crippen LogP contribution in [0.4, 0.5) is 4.79 Å². The molecule has 29 nitrogen and oxygen atoms in total. The smallest absolute Gasteiger partial charge is 0.407 e. The van der Waals surface area contributed by atoms with Crippen molar-refractivity contribution in [3.05, 3.63) is 59.7 Å². The number of benzene rings is 2. The topological polar surface area (TPSA) is 491 Å². The van der Waals surface area contributed by atoms with E-state index in [1.54, 1.807) is 6.26 Å². The van der Waals surface area contributed by atoms with Crippen molar-refractivity contribution >= 4 is 89.1 Å². The summed E-state index contributed by atoms with van der Waals surface area (Å²) in [7, 11) is 0. The van der Waals surface area contributed by atoms with Crippen LogP contribution in [-0.2, 0) is 52.7 Å². The summed E-state index contributed by atoms with van der Waals surface area (Å²) >= 11 is 1.21. The number of nitrogens with zero attached hydrogens (tertiary/aromatic N) is 2. The van der Waals surface area contributed by atoms with Gasteiger partial charge in [-0.3, -0.25) is 57.9 Å². The van der Waals surface area contributed by atoms with E-state index >= 15 is 0 Å². The van der Waals surface area contributed by atoms with E-state index in [9.17, 15) is 73.2 Å². The lowest BCUT2D eigenvalue weighted by atomic mass is 9.98. The van der Waals surface area contributed by atoms with E-state index in [4.69, 9.17) is 27.7 Å². The Morgan fingerprint density at radius 1 is 0.532 bits per heavy atom. The summed E-state index contributed by atoms with van der Waals surface area (Å²) in [6.45, 7) is 0.926. The first-order chi connectivity index (χ1) is 37.4. The summed E-state index contributed by atoms with van der Waals surface area (Å²) in [5, 5.41) is 54.7. The zero-order valence-corrected chi connectivity index (χ0v) is 44.3. The van der Waals surface area contributed by atoms with Crippen LogP contribution in [-0.4, -0.2) is 172 Å². The van der Waals surface area contributed by atoms with Gasteiger partial charge in [0.25, 0.3) is 0 Å². The predicted octanol–water partition coefficient (Wildman–Crippen LogP) is -2.03. The Morgan fingerprint density at radius 2 is 0.911 bits per heavy atom. The molecule has 1 aliphatic rings. The van der Waals surface area contributed by atoms with Gasteiger partial charge >= 0.3 is 30.0 Å². The number of carbonyl (C=O) groups is 11. The molecule has 0 aromatic heterocycles. The van der Waals surface area contributed by atoms with Crippen molar-refractivity contribution in [2.24, 2.45) is 32.9 Å². The molecular formula is C49H69N13O16S. The van der Waals surface area contributed by atoms with E-state index in [-0.39, 0.29) is 75.4 Å². The maximum absolute atomic E-state index is 14.0. The molecule has 0 bridgehead atoms. The normalized spacial score (nSPS) is 14.0. The Bertz CT molecular complexity index is 2530. The Morgan fingerprint density at radius 3 is 1.32 bits per heavy atom. The molecule has 7 atom stereocenters. The number of alkyl carbamates (subject to hydrolysis) is 1. The molecule has 0 fully saturated rings. The number of amides is 7. The van der Waals surface area contributed by atoms with Crippen LogP contribution in [0.1, 0.15) is 88.2 Å². The number of carbonyl (C=O) groups excluding carboxylic acids is 7. The lowest BCUT2D eigenvalue weighted by Crippen LogP contribution is -2.60. The first-order valence-corrected chi connectivity index (χ1v) is 26.2. The molecule has 3 rings (SSSR count). The highest BCUT2D eigenvalue weighted by atomic mass is 32.2. The monoisotopic (exact) mass is 1130 g/mol. The number of guanidine groups is 2. The summed E-state index contributed by atoms with van der Waals surface area (Å²) < 4.78 is 5.55. The molecule has 0 radical (unpaired) electrons. The van der Waals surface area contributed by atoms with Crippen molar-refractivity contribution in [3.63, 3.8) is 0 Å². The van der Waals surface area contributed by atoms with Gasteiger partial charge in [-0.1, -0.05) is 48.5 Å². The average Bonchev–Trinajstić information content (AvgIpc) is 3.83. The summed E-state index contributed by atoms with van der Waals surface area (Å²) in [4.78, 5) is 151. The number of carboxylic acids is 4. The first-order valence-electron chi connectivity index (χ1n) is 24.8. The molecule has 2 aromatic carbocycles. The number of nitrogens with two attached hydrogens (primary N) is 4. The second kappa shape index (κ2) is 32.8. The molecule has 7 amide bonds. The minimum atomic E-state index is -1.96. The Kier molecular flexibility index (Phi) is 26.8. The lowest BCUT2D eigenvalue weighted by Gasteiger charge is -2.27. The number of ether oxygens (including phenoxy) is 1. The van der Waals surface area contributed by atoms with Crippen LogP contribution in [0.25, 0.3) is 11.1 Å².